The van der Waals surface area contributed by atoms with Crippen LogP contribution in [0.5, 0.6) is 0 Å². The van der Waals surface area contributed by atoms with Crippen molar-refractivity contribution in [1.29, 1.82) is 0 Å². The highest BCUT2D eigenvalue weighted by molar-refractivity contribution is 5.31. The number of hydrogen-bond donors (Lipinski definition) is 1. The Morgan fingerprint density at radius 3 is 2.69 bits per heavy atom. The lowest BCUT2D eigenvalue weighted by atomic mass is 10.1. The highest BCUT2D eigenvalue weighted by atomic mass is 16.3. The van der Waals surface area contributed by atoms with Gasteiger partial charge in [0.15, 0.2) is 0 Å². The van der Waals surface area contributed by atoms with Crippen LogP contribution < -0.4 is 0 Å². The zero-order valence-electron chi connectivity index (χ0n) is 8.95. The van der Waals surface area contributed by atoms with Crippen LogP contribution in [0.15, 0.2) is 42.7 Å². The van der Waals surface area contributed by atoms with Crippen LogP contribution in [0.1, 0.15) is 24.5 Å². The summed E-state index contributed by atoms with van der Waals surface area (Å²) in [7, 11) is 0. The average molecular weight is 214 g/mol. The summed E-state index contributed by atoms with van der Waals surface area (Å²) in [6.07, 6.45) is 5.61. The number of rotatable bonds is 3. The lowest BCUT2D eigenvalue weighted by Gasteiger charge is -2.04. The number of nitrogens with zero attached hydrogens (tertiary/aromatic N) is 2. The monoisotopic (exact) mass is 214 g/mol. The van der Waals surface area contributed by atoms with Crippen LogP contribution in [0.3, 0.4) is 0 Å². The third kappa shape index (κ3) is 1.74. The molecule has 0 aliphatic heterocycles. The molecule has 1 heterocycles. The number of hydrogen-bond acceptors (Lipinski definition) is 2. The van der Waals surface area contributed by atoms with E-state index in [9.17, 15) is 5.11 Å². The van der Waals surface area contributed by atoms with Crippen molar-refractivity contribution in [2.24, 2.45) is 5.92 Å². The van der Waals surface area contributed by atoms with Crippen LogP contribution in [0, 0.1) is 5.92 Å². The molecule has 0 amide bonds. The van der Waals surface area contributed by atoms with Gasteiger partial charge in [-0.2, -0.15) is 5.10 Å². The van der Waals surface area contributed by atoms with Gasteiger partial charge in [-0.3, -0.25) is 0 Å². The van der Waals surface area contributed by atoms with Crippen LogP contribution in [0.25, 0.3) is 5.69 Å². The minimum absolute atomic E-state index is 0.336. The van der Waals surface area contributed by atoms with Crippen molar-refractivity contribution in [3.8, 4) is 5.69 Å². The molecule has 1 atom stereocenters. The average Bonchev–Trinajstić information content (AvgIpc) is 3.07. The third-order valence-corrected chi connectivity index (χ3v) is 3.03. The van der Waals surface area contributed by atoms with Crippen LogP contribution in [0.4, 0.5) is 0 Å². The van der Waals surface area contributed by atoms with Crippen LogP contribution in [-0.2, 0) is 0 Å². The van der Waals surface area contributed by atoms with E-state index in [2.05, 4.69) is 5.10 Å². The summed E-state index contributed by atoms with van der Waals surface area (Å²) in [5.74, 6) is 0.452. The molecule has 16 heavy (non-hydrogen) atoms. The maximum Gasteiger partial charge on any atom is 0.0848 e. The molecule has 1 aromatic heterocycles. The molecule has 1 aromatic carbocycles. The smallest absolute Gasteiger partial charge is 0.0848 e. The van der Waals surface area contributed by atoms with E-state index < -0.39 is 0 Å². The Kier molecular flexibility index (Phi) is 2.26. The van der Waals surface area contributed by atoms with Gasteiger partial charge >= 0.3 is 0 Å². The number of para-hydroxylation sites is 1. The normalized spacial score (nSPS) is 17.3. The first-order valence-corrected chi connectivity index (χ1v) is 5.62. The summed E-state index contributed by atoms with van der Waals surface area (Å²) < 4.78 is 1.81. The molecule has 1 N–H and O–H groups in total. The Balaban J connectivity index is 1.87. The van der Waals surface area contributed by atoms with Gasteiger partial charge in [0.25, 0.3) is 0 Å². The maximum atomic E-state index is 9.97. The Bertz CT molecular complexity index is 474. The SMILES string of the molecule is OC(c1cnn(-c2ccccc2)c1)C1CC1. The zero-order chi connectivity index (χ0) is 11.0. The van der Waals surface area contributed by atoms with E-state index in [0.29, 0.717) is 5.92 Å². The molecule has 1 fully saturated rings. The molecule has 1 saturated carbocycles. The van der Waals surface area contributed by atoms with Crippen molar-refractivity contribution in [3.05, 3.63) is 48.3 Å². The second kappa shape index (κ2) is 3.76. The van der Waals surface area contributed by atoms with Gasteiger partial charge in [-0.15, -0.1) is 0 Å². The van der Waals surface area contributed by atoms with Gasteiger partial charge in [-0.25, -0.2) is 4.68 Å². The molecular formula is C13H14N2O. The van der Waals surface area contributed by atoms with Gasteiger partial charge in [-0.1, -0.05) is 18.2 Å². The fourth-order valence-corrected chi connectivity index (χ4v) is 1.90. The largest absolute Gasteiger partial charge is 0.388 e. The topological polar surface area (TPSA) is 38.1 Å². The third-order valence-electron chi connectivity index (χ3n) is 3.03. The van der Waals surface area contributed by atoms with Crippen molar-refractivity contribution in [2.75, 3.05) is 0 Å². The van der Waals surface area contributed by atoms with E-state index in [1.807, 2.05) is 36.5 Å². The van der Waals surface area contributed by atoms with Gasteiger partial charge in [-0.05, 0) is 30.9 Å². The summed E-state index contributed by atoms with van der Waals surface area (Å²) in [5, 5.41) is 14.2. The van der Waals surface area contributed by atoms with Crippen LogP contribution in [-0.4, -0.2) is 14.9 Å². The lowest BCUT2D eigenvalue weighted by Crippen LogP contribution is -1.98. The molecular weight excluding hydrogens is 200 g/mol. The molecule has 0 bridgehead atoms. The first-order valence-electron chi connectivity index (χ1n) is 5.62. The highest BCUT2D eigenvalue weighted by Crippen LogP contribution is 2.40. The van der Waals surface area contributed by atoms with Gasteiger partial charge in [0.2, 0.25) is 0 Å². The van der Waals surface area contributed by atoms with Gasteiger partial charge in [0.05, 0.1) is 18.0 Å². The number of aliphatic hydroxyl groups excluding tert-OH is 1. The second-order valence-corrected chi connectivity index (χ2v) is 4.34. The standard InChI is InChI=1S/C13H14N2O/c16-13(10-6-7-10)11-8-14-15(9-11)12-4-2-1-3-5-12/h1-5,8-10,13,16H,6-7H2. The van der Waals surface area contributed by atoms with Gasteiger partial charge < -0.3 is 5.11 Å². The predicted octanol–water partition coefficient (Wildman–Crippen LogP) is 2.32. The van der Waals surface area contributed by atoms with Crippen molar-refractivity contribution < 1.29 is 5.11 Å². The Morgan fingerprint density at radius 2 is 2.00 bits per heavy atom. The molecule has 2 aromatic rings. The van der Waals surface area contributed by atoms with Crippen molar-refractivity contribution in [2.45, 2.75) is 18.9 Å². The van der Waals surface area contributed by atoms with E-state index in [0.717, 1.165) is 24.1 Å². The lowest BCUT2D eigenvalue weighted by molar-refractivity contribution is 0.154. The van der Waals surface area contributed by atoms with E-state index >= 15 is 0 Å². The molecule has 0 radical (unpaired) electrons. The molecule has 1 unspecified atom stereocenters. The van der Waals surface area contributed by atoms with Crippen molar-refractivity contribution >= 4 is 0 Å². The van der Waals surface area contributed by atoms with Gasteiger partial charge in [0, 0.05) is 11.8 Å². The second-order valence-electron chi connectivity index (χ2n) is 4.34. The van der Waals surface area contributed by atoms with Crippen LogP contribution in [0.2, 0.25) is 0 Å². The van der Waals surface area contributed by atoms with E-state index in [1.165, 1.54) is 0 Å². The molecule has 0 saturated heterocycles. The molecule has 3 rings (SSSR count). The first-order chi connectivity index (χ1) is 7.84. The van der Waals surface area contributed by atoms with Gasteiger partial charge in [0.1, 0.15) is 0 Å². The molecule has 82 valence electrons. The van der Waals surface area contributed by atoms with E-state index in [-0.39, 0.29) is 6.10 Å². The fourth-order valence-electron chi connectivity index (χ4n) is 1.90. The molecule has 3 nitrogen and oxygen atoms in total. The van der Waals surface area contributed by atoms with Crippen molar-refractivity contribution in [1.82, 2.24) is 9.78 Å². The quantitative estimate of drug-likeness (QED) is 0.851. The summed E-state index contributed by atoms with van der Waals surface area (Å²) in [5.41, 5.74) is 1.95. The Morgan fingerprint density at radius 1 is 1.25 bits per heavy atom. The fraction of sp³-hybridized carbons (Fsp3) is 0.308. The highest BCUT2D eigenvalue weighted by Gasteiger charge is 2.31. The number of benzene rings is 1. The van der Waals surface area contributed by atoms with Crippen molar-refractivity contribution in [3.63, 3.8) is 0 Å². The molecule has 3 heteroatoms. The summed E-state index contributed by atoms with van der Waals surface area (Å²) in [6.45, 7) is 0. The number of aromatic nitrogens is 2. The summed E-state index contributed by atoms with van der Waals surface area (Å²) in [6, 6.07) is 9.94. The maximum absolute atomic E-state index is 9.97. The molecule has 0 spiro atoms. The first kappa shape index (κ1) is 9.60. The Labute approximate surface area is 94.3 Å². The molecule has 1 aliphatic carbocycles. The summed E-state index contributed by atoms with van der Waals surface area (Å²) >= 11 is 0. The predicted molar refractivity (Wildman–Crippen MR) is 61.2 cm³/mol. The minimum atomic E-state index is -0.336. The molecule has 1 aliphatic rings. The van der Waals surface area contributed by atoms with E-state index in [1.54, 1.807) is 10.9 Å². The van der Waals surface area contributed by atoms with Crippen LogP contribution >= 0.6 is 0 Å². The van der Waals surface area contributed by atoms with E-state index in [4.69, 9.17) is 0 Å². The zero-order valence-corrected chi connectivity index (χ0v) is 8.95. The minimum Gasteiger partial charge on any atom is -0.388 e. The Hall–Kier alpha value is -1.61. The number of aliphatic hydroxyl groups is 1. The summed E-state index contributed by atoms with van der Waals surface area (Å²) in [4.78, 5) is 0.